The zero-order chi connectivity index (χ0) is 12.8. The molecule has 4 nitrogen and oxygen atoms in total. The molecule has 1 N–H and O–H groups in total. The van der Waals surface area contributed by atoms with Crippen LogP contribution in [0.3, 0.4) is 0 Å². The van der Waals surface area contributed by atoms with Crippen LogP contribution in [0, 0.1) is 5.41 Å². The van der Waals surface area contributed by atoms with E-state index >= 15 is 0 Å². The molecule has 3 rings (SSSR count). The van der Waals surface area contributed by atoms with Gasteiger partial charge in [0, 0.05) is 24.7 Å². The van der Waals surface area contributed by atoms with Crippen molar-refractivity contribution in [2.75, 3.05) is 18.0 Å². The molecule has 0 spiro atoms. The SMILES string of the molecule is CCc1c[nH]c2ncnc(N3CC(C)(CC)C3)c12. The minimum atomic E-state index is 0.458. The van der Waals surface area contributed by atoms with Gasteiger partial charge in [0.15, 0.2) is 0 Å². The molecule has 0 bridgehead atoms. The first-order chi connectivity index (χ1) is 8.67. The van der Waals surface area contributed by atoms with Crippen LogP contribution >= 0.6 is 0 Å². The molecule has 18 heavy (non-hydrogen) atoms. The number of hydrogen-bond acceptors (Lipinski definition) is 3. The Hall–Kier alpha value is -1.58. The monoisotopic (exact) mass is 244 g/mol. The van der Waals surface area contributed by atoms with Gasteiger partial charge >= 0.3 is 0 Å². The van der Waals surface area contributed by atoms with Crippen molar-refractivity contribution in [3.05, 3.63) is 18.1 Å². The van der Waals surface area contributed by atoms with Crippen molar-refractivity contribution in [1.82, 2.24) is 15.0 Å². The van der Waals surface area contributed by atoms with E-state index in [-0.39, 0.29) is 0 Å². The van der Waals surface area contributed by atoms with Gasteiger partial charge in [0.2, 0.25) is 0 Å². The largest absolute Gasteiger partial charge is 0.355 e. The van der Waals surface area contributed by atoms with E-state index in [1.165, 1.54) is 17.4 Å². The third kappa shape index (κ3) is 1.59. The lowest BCUT2D eigenvalue weighted by Crippen LogP contribution is -2.54. The Morgan fingerprint density at radius 1 is 1.33 bits per heavy atom. The highest BCUT2D eigenvalue weighted by molar-refractivity contribution is 5.91. The van der Waals surface area contributed by atoms with Crippen LogP contribution in [0.25, 0.3) is 11.0 Å². The van der Waals surface area contributed by atoms with Crippen molar-refractivity contribution < 1.29 is 0 Å². The molecule has 0 amide bonds. The minimum Gasteiger partial charge on any atom is -0.355 e. The van der Waals surface area contributed by atoms with E-state index in [0.29, 0.717) is 5.41 Å². The Morgan fingerprint density at radius 3 is 2.78 bits per heavy atom. The summed E-state index contributed by atoms with van der Waals surface area (Å²) in [6, 6.07) is 0. The summed E-state index contributed by atoms with van der Waals surface area (Å²) in [7, 11) is 0. The van der Waals surface area contributed by atoms with Crippen LogP contribution in [0.4, 0.5) is 5.82 Å². The van der Waals surface area contributed by atoms with Crippen LogP contribution in [0.5, 0.6) is 0 Å². The first-order valence-corrected chi connectivity index (χ1v) is 6.73. The summed E-state index contributed by atoms with van der Waals surface area (Å²) in [5, 5.41) is 1.21. The molecule has 1 aliphatic rings. The average molecular weight is 244 g/mol. The highest BCUT2D eigenvalue weighted by Gasteiger charge is 2.38. The Kier molecular flexibility index (Phi) is 2.54. The van der Waals surface area contributed by atoms with E-state index in [0.717, 1.165) is 31.0 Å². The quantitative estimate of drug-likeness (QED) is 0.903. The Bertz CT molecular complexity index is 566. The lowest BCUT2D eigenvalue weighted by Gasteiger charge is -2.48. The third-order valence-corrected chi connectivity index (χ3v) is 4.21. The molecule has 0 radical (unpaired) electrons. The standard InChI is InChI=1S/C14H20N4/c1-4-10-6-15-12-11(10)13(17-9-16-12)18-7-14(3,5-2)8-18/h6,9H,4-5,7-8H2,1-3H3,(H,15,16,17). The molecule has 0 aromatic carbocycles. The van der Waals surface area contributed by atoms with Crippen molar-refractivity contribution in [2.45, 2.75) is 33.6 Å². The fraction of sp³-hybridized carbons (Fsp3) is 0.571. The normalized spacial score (nSPS) is 18.1. The van der Waals surface area contributed by atoms with Gasteiger partial charge in [-0.3, -0.25) is 0 Å². The highest BCUT2D eigenvalue weighted by Crippen LogP contribution is 2.38. The second-order valence-corrected chi connectivity index (χ2v) is 5.61. The van der Waals surface area contributed by atoms with Crippen molar-refractivity contribution in [2.24, 2.45) is 5.41 Å². The van der Waals surface area contributed by atoms with Crippen LogP contribution in [0.2, 0.25) is 0 Å². The maximum absolute atomic E-state index is 4.50. The zero-order valence-electron chi connectivity index (χ0n) is 11.3. The molecular weight excluding hydrogens is 224 g/mol. The van der Waals surface area contributed by atoms with Crippen molar-refractivity contribution in [3.63, 3.8) is 0 Å². The Morgan fingerprint density at radius 2 is 2.11 bits per heavy atom. The molecule has 1 aliphatic heterocycles. The fourth-order valence-corrected chi connectivity index (χ4v) is 2.78. The molecule has 1 saturated heterocycles. The molecule has 0 saturated carbocycles. The van der Waals surface area contributed by atoms with E-state index < -0.39 is 0 Å². The smallest absolute Gasteiger partial charge is 0.143 e. The fourth-order valence-electron chi connectivity index (χ4n) is 2.78. The summed E-state index contributed by atoms with van der Waals surface area (Å²) < 4.78 is 0. The maximum Gasteiger partial charge on any atom is 0.143 e. The third-order valence-electron chi connectivity index (χ3n) is 4.21. The predicted molar refractivity (Wildman–Crippen MR) is 73.9 cm³/mol. The summed E-state index contributed by atoms with van der Waals surface area (Å²) in [5.74, 6) is 1.10. The summed E-state index contributed by atoms with van der Waals surface area (Å²) in [6.07, 6.45) is 5.96. The van der Waals surface area contributed by atoms with E-state index in [2.05, 4.69) is 46.8 Å². The van der Waals surface area contributed by atoms with Gasteiger partial charge in [0.25, 0.3) is 0 Å². The van der Waals surface area contributed by atoms with Crippen LogP contribution in [-0.4, -0.2) is 28.0 Å². The molecule has 2 aromatic rings. The number of aromatic amines is 1. The first kappa shape index (κ1) is 11.5. The number of anilines is 1. The Balaban J connectivity index is 2.00. The van der Waals surface area contributed by atoms with Gasteiger partial charge in [-0.25, -0.2) is 9.97 Å². The number of aryl methyl sites for hydroxylation is 1. The van der Waals surface area contributed by atoms with E-state index in [1.807, 2.05) is 0 Å². The lowest BCUT2D eigenvalue weighted by molar-refractivity contribution is 0.233. The highest BCUT2D eigenvalue weighted by atomic mass is 15.3. The molecule has 2 aromatic heterocycles. The summed E-state index contributed by atoms with van der Waals surface area (Å²) in [4.78, 5) is 14.4. The van der Waals surface area contributed by atoms with Crippen molar-refractivity contribution >= 4 is 16.9 Å². The van der Waals surface area contributed by atoms with Gasteiger partial charge in [0.1, 0.15) is 17.8 Å². The summed E-state index contributed by atoms with van der Waals surface area (Å²) in [6.45, 7) is 8.99. The summed E-state index contributed by atoms with van der Waals surface area (Å²) in [5.41, 5.74) is 2.73. The number of nitrogens with zero attached hydrogens (tertiary/aromatic N) is 3. The van der Waals surface area contributed by atoms with Crippen LogP contribution in [-0.2, 0) is 6.42 Å². The zero-order valence-corrected chi connectivity index (χ0v) is 11.3. The second kappa shape index (κ2) is 3.97. The lowest BCUT2D eigenvalue weighted by atomic mass is 9.79. The first-order valence-electron chi connectivity index (χ1n) is 6.73. The van der Waals surface area contributed by atoms with E-state index in [4.69, 9.17) is 0 Å². The van der Waals surface area contributed by atoms with Gasteiger partial charge < -0.3 is 9.88 Å². The van der Waals surface area contributed by atoms with Crippen LogP contribution < -0.4 is 4.90 Å². The molecule has 0 unspecified atom stereocenters. The number of rotatable bonds is 3. The Labute approximate surface area is 107 Å². The number of hydrogen-bond donors (Lipinski definition) is 1. The molecule has 3 heterocycles. The molecule has 96 valence electrons. The maximum atomic E-state index is 4.50. The molecular formula is C14H20N4. The topological polar surface area (TPSA) is 44.8 Å². The number of nitrogens with one attached hydrogen (secondary N) is 1. The number of fused-ring (bicyclic) bond motifs is 1. The summed E-state index contributed by atoms with van der Waals surface area (Å²) >= 11 is 0. The van der Waals surface area contributed by atoms with Crippen molar-refractivity contribution in [1.29, 1.82) is 0 Å². The molecule has 0 aliphatic carbocycles. The molecule has 1 fully saturated rings. The van der Waals surface area contributed by atoms with Gasteiger partial charge in [0.05, 0.1) is 5.39 Å². The number of aromatic nitrogens is 3. The van der Waals surface area contributed by atoms with Gasteiger partial charge in [-0.2, -0.15) is 0 Å². The molecule has 0 atom stereocenters. The van der Waals surface area contributed by atoms with Crippen LogP contribution in [0.1, 0.15) is 32.8 Å². The van der Waals surface area contributed by atoms with Crippen molar-refractivity contribution in [3.8, 4) is 0 Å². The second-order valence-electron chi connectivity index (χ2n) is 5.61. The average Bonchev–Trinajstić information content (AvgIpc) is 2.78. The number of H-pyrrole nitrogens is 1. The van der Waals surface area contributed by atoms with Gasteiger partial charge in [-0.1, -0.05) is 20.8 Å². The van der Waals surface area contributed by atoms with E-state index in [9.17, 15) is 0 Å². The van der Waals surface area contributed by atoms with Crippen LogP contribution in [0.15, 0.2) is 12.5 Å². The van der Waals surface area contributed by atoms with E-state index in [1.54, 1.807) is 6.33 Å². The van der Waals surface area contributed by atoms with Gasteiger partial charge in [-0.15, -0.1) is 0 Å². The van der Waals surface area contributed by atoms with Gasteiger partial charge in [-0.05, 0) is 18.4 Å². The molecule has 4 heteroatoms. The predicted octanol–water partition coefficient (Wildman–Crippen LogP) is 2.76. The minimum absolute atomic E-state index is 0.458.